The molecule has 0 bridgehead atoms. The van der Waals surface area contributed by atoms with Gasteiger partial charge in [-0.05, 0) is 49.4 Å². The maximum atomic E-state index is 5.80. The molecule has 90 valence electrons. The van der Waals surface area contributed by atoms with Crippen molar-refractivity contribution in [1.29, 1.82) is 0 Å². The van der Waals surface area contributed by atoms with Crippen LogP contribution < -0.4 is 10.5 Å². The minimum Gasteiger partial charge on any atom is -0.493 e. The Hall–Kier alpha value is -1.02. The van der Waals surface area contributed by atoms with E-state index in [0.717, 1.165) is 18.8 Å². The molecular formula is C14H23NO. The summed E-state index contributed by atoms with van der Waals surface area (Å²) in [5, 5.41) is 0. The molecule has 0 spiro atoms. The van der Waals surface area contributed by atoms with Crippen molar-refractivity contribution in [2.75, 3.05) is 13.2 Å². The Morgan fingerprint density at radius 2 is 1.94 bits per heavy atom. The SMILES string of the molecule is Cc1cccc(OCCC(C)(C)CN)c1C. The number of aryl methyl sites for hydroxylation is 1. The molecule has 0 heterocycles. The first-order chi connectivity index (χ1) is 7.46. The fraction of sp³-hybridized carbons (Fsp3) is 0.571. The molecule has 2 heteroatoms. The Kier molecular flexibility index (Phi) is 4.36. The lowest BCUT2D eigenvalue weighted by molar-refractivity contribution is 0.232. The first-order valence-corrected chi connectivity index (χ1v) is 5.85. The lowest BCUT2D eigenvalue weighted by Gasteiger charge is -2.22. The highest BCUT2D eigenvalue weighted by Gasteiger charge is 2.15. The molecule has 0 aliphatic carbocycles. The molecule has 0 aliphatic heterocycles. The molecule has 16 heavy (non-hydrogen) atoms. The van der Waals surface area contributed by atoms with Crippen LogP contribution in [0.25, 0.3) is 0 Å². The van der Waals surface area contributed by atoms with E-state index in [0.29, 0.717) is 6.54 Å². The second kappa shape index (κ2) is 5.35. The summed E-state index contributed by atoms with van der Waals surface area (Å²) in [6.07, 6.45) is 0.983. The molecular weight excluding hydrogens is 198 g/mol. The number of hydrogen-bond donors (Lipinski definition) is 1. The zero-order chi connectivity index (χ0) is 12.2. The average Bonchev–Trinajstić information content (AvgIpc) is 2.24. The first kappa shape index (κ1) is 13.0. The third kappa shape index (κ3) is 3.53. The predicted octanol–water partition coefficient (Wildman–Crippen LogP) is 3.06. The van der Waals surface area contributed by atoms with Crippen LogP contribution in [0.1, 0.15) is 31.4 Å². The van der Waals surface area contributed by atoms with Crippen LogP contribution >= 0.6 is 0 Å². The van der Waals surface area contributed by atoms with Crippen molar-refractivity contribution >= 4 is 0 Å². The van der Waals surface area contributed by atoms with Gasteiger partial charge < -0.3 is 10.5 Å². The first-order valence-electron chi connectivity index (χ1n) is 5.85. The minimum absolute atomic E-state index is 0.164. The fourth-order valence-electron chi connectivity index (χ4n) is 1.42. The van der Waals surface area contributed by atoms with Crippen LogP contribution in [0.15, 0.2) is 18.2 Å². The van der Waals surface area contributed by atoms with Gasteiger partial charge in [0.25, 0.3) is 0 Å². The van der Waals surface area contributed by atoms with Gasteiger partial charge in [0.1, 0.15) is 5.75 Å². The monoisotopic (exact) mass is 221 g/mol. The summed E-state index contributed by atoms with van der Waals surface area (Å²) in [5.74, 6) is 0.993. The molecule has 2 N–H and O–H groups in total. The topological polar surface area (TPSA) is 35.2 Å². The number of hydrogen-bond acceptors (Lipinski definition) is 2. The molecule has 0 amide bonds. The van der Waals surface area contributed by atoms with Crippen molar-refractivity contribution in [3.05, 3.63) is 29.3 Å². The quantitative estimate of drug-likeness (QED) is 0.829. The van der Waals surface area contributed by atoms with Crippen LogP contribution in [0, 0.1) is 19.3 Å². The van der Waals surface area contributed by atoms with E-state index in [-0.39, 0.29) is 5.41 Å². The van der Waals surface area contributed by atoms with Crippen molar-refractivity contribution in [1.82, 2.24) is 0 Å². The van der Waals surface area contributed by atoms with E-state index in [1.807, 2.05) is 12.1 Å². The zero-order valence-corrected chi connectivity index (χ0v) is 10.8. The standard InChI is InChI=1S/C14H23NO/c1-11-6-5-7-13(12(11)2)16-9-8-14(3,4)10-15/h5-7H,8-10,15H2,1-4H3. The van der Waals surface area contributed by atoms with Crippen LogP contribution in [-0.2, 0) is 0 Å². The van der Waals surface area contributed by atoms with Crippen molar-refractivity contribution in [3.8, 4) is 5.75 Å². The summed E-state index contributed by atoms with van der Waals surface area (Å²) in [6, 6.07) is 6.16. The van der Waals surface area contributed by atoms with Gasteiger partial charge in [-0.15, -0.1) is 0 Å². The van der Waals surface area contributed by atoms with E-state index in [9.17, 15) is 0 Å². The molecule has 0 aromatic heterocycles. The van der Waals surface area contributed by atoms with Gasteiger partial charge >= 0.3 is 0 Å². The van der Waals surface area contributed by atoms with Gasteiger partial charge in [-0.25, -0.2) is 0 Å². The van der Waals surface area contributed by atoms with Gasteiger partial charge in [-0.3, -0.25) is 0 Å². The van der Waals surface area contributed by atoms with Gasteiger partial charge in [0.05, 0.1) is 6.61 Å². The highest BCUT2D eigenvalue weighted by atomic mass is 16.5. The van der Waals surface area contributed by atoms with Gasteiger partial charge in [0, 0.05) is 0 Å². The molecule has 1 aromatic rings. The average molecular weight is 221 g/mol. The Labute approximate surface area is 98.8 Å². The van der Waals surface area contributed by atoms with E-state index in [4.69, 9.17) is 10.5 Å². The summed E-state index contributed by atoms with van der Waals surface area (Å²) in [5.41, 5.74) is 8.35. The van der Waals surface area contributed by atoms with Crippen molar-refractivity contribution in [2.45, 2.75) is 34.1 Å². The molecule has 0 fully saturated rings. The Bertz CT molecular complexity index is 345. The second-order valence-electron chi connectivity index (χ2n) is 5.16. The molecule has 0 saturated heterocycles. The summed E-state index contributed by atoms with van der Waals surface area (Å²) in [6.45, 7) is 9.96. The van der Waals surface area contributed by atoms with Crippen LogP contribution in [0.5, 0.6) is 5.75 Å². The molecule has 0 atom stereocenters. The second-order valence-corrected chi connectivity index (χ2v) is 5.16. The molecule has 1 aromatic carbocycles. The fourth-order valence-corrected chi connectivity index (χ4v) is 1.42. The Balaban J connectivity index is 2.53. The van der Waals surface area contributed by atoms with Gasteiger partial charge in [0.15, 0.2) is 0 Å². The smallest absolute Gasteiger partial charge is 0.122 e. The molecule has 2 nitrogen and oxygen atoms in total. The maximum Gasteiger partial charge on any atom is 0.122 e. The summed E-state index contributed by atoms with van der Waals surface area (Å²) in [7, 11) is 0. The molecule has 0 aliphatic rings. The van der Waals surface area contributed by atoms with E-state index < -0.39 is 0 Å². The minimum atomic E-state index is 0.164. The molecule has 0 saturated carbocycles. The zero-order valence-electron chi connectivity index (χ0n) is 10.8. The summed E-state index contributed by atoms with van der Waals surface area (Å²) in [4.78, 5) is 0. The lowest BCUT2D eigenvalue weighted by Crippen LogP contribution is -2.25. The van der Waals surface area contributed by atoms with Crippen LogP contribution in [0.4, 0.5) is 0 Å². The molecule has 0 unspecified atom stereocenters. The van der Waals surface area contributed by atoms with Crippen molar-refractivity contribution in [2.24, 2.45) is 11.1 Å². The maximum absolute atomic E-state index is 5.80. The summed E-state index contributed by atoms with van der Waals surface area (Å²) >= 11 is 0. The van der Waals surface area contributed by atoms with E-state index in [1.165, 1.54) is 11.1 Å². The largest absolute Gasteiger partial charge is 0.493 e. The van der Waals surface area contributed by atoms with Crippen LogP contribution in [0.3, 0.4) is 0 Å². The highest BCUT2D eigenvalue weighted by Crippen LogP contribution is 2.23. The summed E-state index contributed by atoms with van der Waals surface area (Å²) < 4.78 is 5.80. The van der Waals surface area contributed by atoms with Crippen LogP contribution in [0.2, 0.25) is 0 Å². The van der Waals surface area contributed by atoms with E-state index >= 15 is 0 Å². The van der Waals surface area contributed by atoms with E-state index in [1.54, 1.807) is 0 Å². The third-order valence-electron chi connectivity index (χ3n) is 3.14. The van der Waals surface area contributed by atoms with Gasteiger partial charge in [0.2, 0.25) is 0 Å². The van der Waals surface area contributed by atoms with Crippen molar-refractivity contribution < 1.29 is 4.74 Å². The lowest BCUT2D eigenvalue weighted by atomic mass is 9.90. The number of rotatable bonds is 5. The Morgan fingerprint density at radius 3 is 2.56 bits per heavy atom. The van der Waals surface area contributed by atoms with Gasteiger partial charge in [-0.1, -0.05) is 26.0 Å². The number of benzene rings is 1. The molecule has 0 radical (unpaired) electrons. The van der Waals surface area contributed by atoms with Gasteiger partial charge in [-0.2, -0.15) is 0 Å². The van der Waals surface area contributed by atoms with Crippen LogP contribution in [-0.4, -0.2) is 13.2 Å². The molecule has 1 rings (SSSR count). The predicted molar refractivity (Wildman–Crippen MR) is 68.9 cm³/mol. The number of nitrogens with two attached hydrogens (primary N) is 1. The third-order valence-corrected chi connectivity index (χ3v) is 3.14. The highest BCUT2D eigenvalue weighted by molar-refractivity contribution is 5.38. The Morgan fingerprint density at radius 1 is 1.25 bits per heavy atom. The number of ether oxygens (including phenoxy) is 1. The normalized spacial score (nSPS) is 11.6. The van der Waals surface area contributed by atoms with E-state index in [2.05, 4.69) is 33.8 Å². The van der Waals surface area contributed by atoms with Crippen molar-refractivity contribution in [3.63, 3.8) is 0 Å².